The van der Waals surface area contributed by atoms with Gasteiger partial charge in [0, 0.05) is 40.9 Å². The first-order valence-electron chi connectivity index (χ1n) is 14.9. The fraction of sp³-hybridized carbons (Fsp3) is 0.303. The molecular formula is C33H29ClF4N6O4. The number of aryl methyl sites for hydroxylation is 1. The highest BCUT2D eigenvalue weighted by Crippen LogP contribution is 2.47. The summed E-state index contributed by atoms with van der Waals surface area (Å²) in [5, 5.41) is 8.01. The molecule has 5 N–H and O–H groups in total. The SMILES string of the molecule is Cc1cnc2c(NC(=O)NC3CC3)cc(C(=O)NC[C@H](c3cc4c(c(-c5ccc(F)c(Cl)c5)n3)OC[C@]4(C)C(N)=O)C(F)(F)F)cc2c1. The first kappa shape index (κ1) is 32.9. The van der Waals surface area contributed by atoms with Gasteiger partial charge in [-0.2, -0.15) is 13.2 Å². The maximum atomic E-state index is 14.7. The number of amides is 4. The first-order chi connectivity index (χ1) is 22.6. The number of ether oxygens (including phenoxy) is 1. The minimum atomic E-state index is -4.92. The molecule has 2 aromatic carbocycles. The van der Waals surface area contributed by atoms with E-state index in [-0.39, 0.29) is 51.5 Å². The summed E-state index contributed by atoms with van der Waals surface area (Å²) in [5.74, 6) is -4.79. The van der Waals surface area contributed by atoms with E-state index in [0.29, 0.717) is 10.9 Å². The average molecular weight is 685 g/mol. The van der Waals surface area contributed by atoms with Gasteiger partial charge in [-0.3, -0.25) is 14.6 Å². The summed E-state index contributed by atoms with van der Waals surface area (Å²) in [6, 6.07) is 8.68. The predicted octanol–water partition coefficient (Wildman–Crippen LogP) is 5.89. The quantitative estimate of drug-likeness (QED) is 0.170. The Kier molecular flexibility index (Phi) is 8.40. The van der Waals surface area contributed by atoms with Crippen LogP contribution >= 0.6 is 11.6 Å². The number of pyridine rings is 2. The number of urea groups is 1. The molecule has 0 bridgehead atoms. The van der Waals surface area contributed by atoms with Crippen molar-refractivity contribution in [3.63, 3.8) is 0 Å². The van der Waals surface area contributed by atoms with Crippen molar-refractivity contribution in [2.75, 3.05) is 18.5 Å². The smallest absolute Gasteiger partial charge is 0.398 e. The second kappa shape index (κ2) is 12.2. The van der Waals surface area contributed by atoms with Gasteiger partial charge in [0.05, 0.1) is 21.9 Å². The molecule has 4 amide bonds. The van der Waals surface area contributed by atoms with Crippen molar-refractivity contribution in [1.82, 2.24) is 20.6 Å². The predicted molar refractivity (Wildman–Crippen MR) is 169 cm³/mol. The summed E-state index contributed by atoms with van der Waals surface area (Å²) in [7, 11) is 0. The second-order valence-electron chi connectivity index (χ2n) is 12.2. The van der Waals surface area contributed by atoms with E-state index in [0.717, 1.165) is 30.5 Å². The number of nitrogens with zero attached hydrogens (tertiary/aromatic N) is 2. The van der Waals surface area contributed by atoms with E-state index >= 15 is 0 Å². The number of aromatic nitrogens is 2. The molecule has 2 aliphatic rings. The van der Waals surface area contributed by atoms with Crippen LogP contribution in [0.4, 0.5) is 28.0 Å². The number of hydrogen-bond acceptors (Lipinski definition) is 6. The van der Waals surface area contributed by atoms with Crippen molar-refractivity contribution < 1.29 is 36.7 Å². The monoisotopic (exact) mass is 684 g/mol. The fourth-order valence-electron chi connectivity index (χ4n) is 5.47. The normalized spacial score (nSPS) is 17.7. The minimum absolute atomic E-state index is 0.0125. The van der Waals surface area contributed by atoms with Crippen LogP contribution in [0.2, 0.25) is 5.02 Å². The lowest BCUT2D eigenvalue weighted by molar-refractivity contribution is -0.149. The summed E-state index contributed by atoms with van der Waals surface area (Å²) >= 11 is 5.97. The van der Waals surface area contributed by atoms with Crippen LogP contribution in [0.3, 0.4) is 0 Å². The number of rotatable bonds is 8. The largest absolute Gasteiger partial charge is 0.489 e. The Balaban J connectivity index is 1.36. The molecule has 0 saturated heterocycles. The van der Waals surface area contributed by atoms with E-state index in [9.17, 15) is 31.9 Å². The molecule has 1 saturated carbocycles. The highest BCUT2D eigenvalue weighted by Gasteiger charge is 2.47. The highest BCUT2D eigenvalue weighted by molar-refractivity contribution is 6.31. The zero-order chi connectivity index (χ0) is 34.5. The highest BCUT2D eigenvalue weighted by atomic mass is 35.5. The summed E-state index contributed by atoms with van der Waals surface area (Å²) in [4.78, 5) is 47.1. The second-order valence-corrected chi connectivity index (χ2v) is 12.6. The third-order valence-corrected chi connectivity index (χ3v) is 8.68. The van der Waals surface area contributed by atoms with Gasteiger partial charge in [0.2, 0.25) is 5.91 Å². The topological polar surface area (TPSA) is 148 Å². The van der Waals surface area contributed by atoms with Crippen molar-refractivity contribution in [3.8, 4) is 17.0 Å². The summed E-state index contributed by atoms with van der Waals surface area (Å²) in [5.41, 5.74) is 5.06. The fourth-order valence-corrected chi connectivity index (χ4v) is 5.65. The number of halogens is 5. The van der Waals surface area contributed by atoms with Crippen molar-refractivity contribution in [1.29, 1.82) is 0 Å². The molecule has 3 heterocycles. The standard InChI is InChI=1S/C33H29ClF4N6O4/c1-15-7-17-8-18(10-25(26(17)40-12-15)44-31(47)42-19-4-5-19)29(45)41-13-21(33(36,37)38)24-11-20-28(48-14-32(20,2)30(39)46)27(43-24)16-3-6-23(35)22(34)9-16/h3,6-12,19,21H,4-5,13-14H2,1-2H3,(H2,39,46)(H,41,45)(H2,42,44,47)/t21-,32+/m1/s1. The van der Waals surface area contributed by atoms with E-state index in [4.69, 9.17) is 22.1 Å². The molecule has 0 spiro atoms. The van der Waals surface area contributed by atoms with E-state index < -0.39 is 53.4 Å². The molecular weight excluding hydrogens is 656 g/mol. The van der Waals surface area contributed by atoms with Gasteiger partial charge >= 0.3 is 12.2 Å². The van der Waals surface area contributed by atoms with Gasteiger partial charge in [0.15, 0.2) is 0 Å². The molecule has 15 heteroatoms. The lowest BCUT2D eigenvalue weighted by atomic mass is 9.82. The molecule has 0 unspecified atom stereocenters. The van der Waals surface area contributed by atoms with Crippen molar-refractivity contribution in [3.05, 3.63) is 81.9 Å². The number of nitrogens with one attached hydrogen (secondary N) is 3. The van der Waals surface area contributed by atoms with Gasteiger partial charge in [0.1, 0.15) is 35.2 Å². The van der Waals surface area contributed by atoms with Gasteiger partial charge in [-0.05, 0) is 74.7 Å². The average Bonchev–Trinajstić information content (AvgIpc) is 3.76. The van der Waals surface area contributed by atoms with Gasteiger partial charge in [0.25, 0.3) is 5.91 Å². The third-order valence-electron chi connectivity index (χ3n) is 8.39. The zero-order valence-electron chi connectivity index (χ0n) is 25.6. The Labute approximate surface area is 276 Å². The number of alkyl halides is 3. The number of fused-ring (bicyclic) bond motifs is 2. The molecule has 4 aromatic rings. The van der Waals surface area contributed by atoms with E-state index in [1.54, 1.807) is 19.2 Å². The Hall–Kier alpha value is -4.98. The van der Waals surface area contributed by atoms with E-state index in [1.807, 2.05) is 0 Å². The maximum absolute atomic E-state index is 14.7. The van der Waals surface area contributed by atoms with Crippen molar-refractivity contribution >= 4 is 46.0 Å². The molecule has 2 atom stereocenters. The molecule has 1 aliphatic heterocycles. The molecule has 48 heavy (non-hydrogen) atoms. The lowest BCUT2D eigenvalue weighted by Gasteiger charge is -2.24. The first-order valence-corrected chi connectivity index (χ1v) is 15.3. The Morgan fingerprint density at radius 3 is 2.56 bits per heavy atom. The number of primary amides is 1. The summed E-state index contributed by atoms with van der Waals surface area (Å²) in [6.45, 7) is 2.01. The molecule has 0 radical (unpaired) electrons. The van der Waals surface area contributed by atoms with Gasteiger partial charge in [-0.1, -0.05) is 11.6 Å². The zero-order valence-corrected chi connectivity index (χ0v) is 26.4. The number of anilines is 1. The van der Waals surface area contributed by atoms with Crippen LogP contribution in [0.1, 0.15) is 52.9 Å². The number of carbonyl (C=O) groups is 3. The molecule has 1 fully saturated rings. The van der Waals surface area contributed by atoms with E-state index in [1.165, 1.54) is 31.2 Å². The summed E-state index contributed by atoms with van der Waals surface area (Å²) in [6.07, 6.45) is -1.64. The molecule has 2 aromatic heterocycles. The summed E-state index contributed by atoms with van der Waals surface area (Å²) < 4.78 is 63.9. The Morgan fingerprint density at radius 2 is 1.90 bits per heavy atom. The molecule has 6 rings (SSSR count). The van der Waals surface area contributed by atoms with Crippen LogP contribution in [0.15, 0.2) is 48.7 Å². The number of nitrogens with two attached hydrogens (primary N) is 1. The maximum Gasteiger partial charge on any atom is 0.398 e. The number of hydrogen-bond donors (Lipinski definition) is 4. The van der Waals surface area contributed by atoms with Crippen LogP contribution < -0.4 is 26.4 Å². The minimum Gasteiger partial charge on any atom is -0.489 e. The van der Waals surface area contributed by atoms with Gasteiger partial charge < -0.3 is 26.4 Å². The Morgan fingerprint density at radius 1 is 1.15 bits per heavy atom. The Bertz CT molecular complexity index is 1990. The van der Waals surface area contributed by atoms with Crippen LogP contribution in [-0.4, -0.2) is 53.2 Å². The molecule has 1 aliphatic carbocycles. The number of benzene rings is 2. The van der Waals surface area contributed by atoms with Crippen LogP contribution in [-0.2, 0) is 10.2 Å². The number of carbonyl (C=O) groups excluding carboxylic acids is 3. The van der Waals surface area contributed by atoms with Crippen LogP contribution in [0.5, 0.6) is 5.75 Å². The molecule has 250 valence electrons. The van der Waals surface area contributed by atoms with Crippen molar-refractivity contribution in [2.24, 2.45) is 5.73 Å². The molecule has 10 nitrogen and oxygen atoms in total. The van der Waals surface area contributed by atoms with E-state index in [2.05, 4.69) is 25.9 Å². The lowest BCUT2D eigenvalue weighted by Crippen LogP contribution is -2.40. The third kappa shape index (κ3) is 6.44. The van der Waals surface area contributed by atoms with Gasteiger partial charge in [-0.15, -0.1) is 0 Å². The van der Waals surface area contributed by atoms with Crippen molar-refractivity contribution in [2.45, 2.75) is 50.2 Å². The van der Waals surface area contributed by atoms with Crippen LogP contribution in [0.25, 0.3) is 22.2 Å². The van der Waals surface area contributed by atoms with Crippen LogP contribution in [0, 0.1) is 12.7 Å². The van der Waals surface area contributed by atoms with Gasteiger partial charge in [-0.25, -0.2) is 14.2 Å².